The summed E-state index contributed by atoms with van der Waals surface area (Å²) in [7, 11) is 0. The van der Waals surface area contributed by atoms with Crippen LogP contribution in [0.1, 0.15) is 29.7 Å². The van der Waals surface area contributed by atoms with Crippen molar-refractivity contribution < 1.29 is 0 Å². The highest BCUT2D eigenvalue weighted by atomic mass is 32.1. The lowest BCUT2D eigenvalue weighted by atomic mass is 10.1. The Labute approximate surface area is 117 Å². The zero-order valence-corrected chi connectivity index (χ0v) is 12.3. The number of nitrogens with zero attached hydrogens (tertiary/aromatic N) is 2. The van der Waals surface area contributed by atoms with Gasteiger partial charge in [0.15, 0.2) is 0 Å². The Morgan fingerprint density at radius 2 is 2.21 bits per heavy atom. The van der Waals surface area contributed by atoms with Crippen molar-refractivity contribution in [2.75, 3.05) is 11.9 Å². The summed E-state index contributed by atoms with van der Waals surface area (Å²) in [5.74, 6) is 1.66. The molecule has 1 aliphatic carbocycles. The normalized spacial score (nSPS) is 23.1. The third-order valence-corrected chi connectivity index (χ3v) is 5.22. The van der Waals surface area contributed by atoms with Crippen molar-refractivity contribution in [2.24, 2.45) is 11.7 Å². The fourth-order valence-electron chi connectivity index (χ4n) is 2.86. The molecule has 1 fully saturated rings. The zero-order chi connectivity index (χ0) is 13.4. The van der Waals surface area contributed by atoms with Gasteiger partial charge in [0, 0.05) is 17.5 Å². The Hall–Kier alpha value is -1.20. The molecule has 1 saturated carbocycles. The van der Waals surface area contributed by atoms with E-state index in [-0.39, 0.29) is 0 Å². The van der Waals surface area contributed by atoms with E-state index in [0.717, 1.165) is 30.0 Å². The van der Waals surface area contributed by atoms with Gasteiger partial charge in [0.05, 0.1) is 5.39 Å². The third-order valence-electron chi connectivity index (χ3n) is 4.11. The third kappa shape index (κ3) is 2.44. The largest absolute Gasteiger partial charge is 0.369 e. The number of hydrogen-bond acceptors (Lipinski definition) is 5. The van der Waals surface area contributed by atoms with Crippen LogP contribution >= 0.6 is 11.3 Å². The summed E-state index contributed by atoms with van der Waals surface area (Å²) in [4.78, 5) is 11.2. The summed E-state index contributed by atoms with van der Waals surface area (Å²) in [6.07, 6.45) is 5.16. The topological polar surface area (TPSA) is 63.8 Å². The van der Waals surface area contributed by atoms with Gasteiger partial charge in [-0.1, -0.05) is 0 Å². The van der Waals surface area contributed by atoms with Crippen molar-refractivity contribution in [1.29, 1.82) is 0 Å². The van der Waals surface area contributed by atoms with E-state index in [1.54, 1.807) is 17.7 Å². The van der Waals surface area contributed by atoms with E-state index in [1.165, 1.54) is 22.2 Å². The van der Waals surface area contributed by atoms with E-state index in [1.807, 2.05) is 0 Å². The molecule has 2 aromatic heterocycles. The molecule has 3 N–H and O–H groups in total. The Morgan fingerprint density at radius 1 is 1.37 bits per heavy atom. The van der Waals surface area contributed by atoms with Crippen molar-refractivity contribution >= 4 is 27.4 Å². The minimum absolute atomic E-state index is 0.391. The first-order chi connectivity index (χ1) is 9.15. The molecule has 4 nitrogen and oxygen atoms in total. The quantitative estimate of drug-likeness (QED) is 0.905. The molecule has 0 radical (unpaired) electrons. The first-order valence-electron chi connectivity index (χ1n) is 6.85. The molecule has 0 aromatic carbocycles. The van der Waals surface area contributed by atoms with E-state index >= 15 is 0 Å². The molecule has 0 bridgehead atoms. The average molecular weight is 276 g/mol. The maximum atomic E-state index is 5.96. The number of hydrogen-bond donors (Lipinski definition) is 2. The van der Waals surface area contributed by atoms with Crippen LogP contribution in [0.3, 0.4) is 0 Å². The average Bonchev–Trinajstić information content (AvgIpc) is 2.93. The van der Waals surface area contributed by atoms with Crippen LogP contribution in [0.5, 0.6) is 0 Å². The number of aromatic nitrogens is 2. The number of fused-ring (bicyclic) bond motifs is 1. The summed E-state index contributed by atoms with van der Waals surface area (Å²) in [5, 5.41) is 4.69. The summed E-state index contributed by atoms with van der Waals surface area (Å²) in [6.45, 7) is 5.25. The van der Waals surface area contributed by atoms with Gasteiger partial charge in [-0.3, -0.25) is 0 Å². The van der Waals surface area contributed by atoms with Gasteiger partial charge in [-0.25, -0.2) is 9.97 Å². The van der Waals surface area contributed by atoms with E-state index in [9.17, 15) is 0 Å². The molecule has 1 aliphatic rings. The van der Waals surface area contributed by atoms with Gasteiger partial charge in [-0.15, -0.1) is 11.3 Å². The minimum Gasteiger partial charge on any atom is -0.369 e. The standard InChI is InChI=1S/C14H20N4S/c1-8-9(2)19-14-12(8)13(17-7-18-14)16-6-10-3-4-11(15)5-10/h7,10-11H,3-6,15H2,1-2H3,(H,16,17,18). The molecule has 0 amide bonds. The fraction of sp³-hybridized carbons (Fsp3) is 0.571. The van der Waals surface area contributed by atoms with Gasteiger partial charge in [0.2, 0.25) is 0 Å². The van der Waals surface area contributed by atoms with Crippen LogP contribution in [-0.4, -0.2) is 22.6 Å². The SMILES string of the molecule is Cc1sc2ncnc(NCC3CCC(N)C3)c2c1C. The highest BCUT2D eigenvalue weighted by molar-refractivity contribution is 7.18. The van der Waals surface area contributed by atoms with Gasteiger partial charge in [-0.05, 0) is 44.6 Å². The monoisotopic (exact) mass is 276 g/mol. The van der Waals surface area contributed by atoms with E-state index in [0.29, 0.717) is 12.0 Å². The molecule has 102 valence electrons. The smallest absolute Gasteiger partial charge is 0.138 e. The summed E-state index contributed by atoms with van der Waals surface area (Å²) in [6, 6.07) is 0.391. The Bertz CT molecular complexity index is 592. The molecule has 2 unspecified atom stereocenters. The van der Waals surface area contributed by atoms with Gasteiger partial charge in [0.25, 0.3) is 0 Å². The van der Waals surface area contributed by atoms with E-state index in [4.69, 9.17) is 5.73 Å². The summed E-state index contributed by atoms with van der Waals surface area (Å²) in [5.41, 5.74) is 7.26. The minimum atomic E-state index is 0.391. The zero-order valence-electron chi connectivity index (χ0n) is 11.4. The van der Waals surface area contributed by atoms with Crippen molar-refractivity contribution in [2.45, 2.75) is 39.2 Å². The predicted octanol–water partition coefficient (Wildman–Crippen LogP) is 2.85. The Kier molecular flexibility index (Phi) is 3.41. The van der Waals surface area contributed by atoms with Gasteiger partial charge in [-0.2, -0.15) is 0 Å². The molecule has 0 spiro atoms. The first-order valence-corrected chi connectivity index (χ1v) is 7.67. The lowest BCUT2D eigenvalue weighted by molar-refractivity contribution is 0.565. The van der Waals surface area contributed by atoms with Crippen LogP contribution in [0.2, 0.25) is 0 Å². The molecule has 5 heteroatoms. The highest BCUT2D eigenvalue weighted by Crippen LogP contribution is 2.33. The number of nitrogens with one attached hydrogen (secondary N) is 1. The van der Waals surface area contributed by atoms with Crippen molar-refractivity contribution in [3.63, 3.8) is 0 Å². The molecular weight excluding hydrogens is 256 g/mol. The molecule has 2 heterocycles. The molecule has 19 heavy (non-hydrogen) atoms. The predicted molar refractivity (Wildman–Crippen MR) is 80.7 cm³/mol. The van der Waals surface area contributed by atoms with Crippen molar-refractivity contribution in [3.05, 3.63) is 16.8 Å². The molecule has 0 aliphatic heterocycles. The summed E-state index contributed by atoms with van der Waals surface area (Å²) >= 11 is 1.74. The number of aryl methyl sites for hydroxylation is 2. The highest BCUT2D eigenvalue weighted by Gasteiger charge is 2.22. The first kappa shape index (κ1) is 12.8. The van der Waals surface area contributed by atoms with Crippen LogP contribution in [0.15, 0.2) is 6.33 Å². The lowest BCUT2D eigenvalue weighted by Gasteiger charge is -2.12. The van der Waals surface area contributed by atoms with Gasteiger partial charge in [0.1, 0.15) is 17.0 Å². The molecule has 3 rings (SSSR count). The second kappa shape index (κ2) is 5.06. The Morgan fingerprint density at radius 3 is 2.95 bits per heavy atom. The van der Waals surface area contributed by atoms with E-state index in [2.05, 4.69) is 29.1 Å². The lowest BCUT2D eigenvalue weighted by Crippen LogP contribution is -2.18. The molecule has 0 saturated heterocycles. The second-order valence-electron chi connectivity index (χ2n) is 5.51. The maximum Gasteiger partial charge on any atom is 0.138 e. The molecule has 2 aromatic rings. The number of rotatable bonds is 3. The maximum absolute atomic E-state index is 5.96. The van der Waals surface area contributed by atoms with Crippen LogP contribution < -0.4 is 11.1 Å². The summed E-state index contributed by atoms with van der Waals surface area (Å²) < 4.78 is 0. The van der Waals surface area contributed by atoms with Crippen LogP contribution in [-0.2, 0) is 0 Å². The molecule has 2 atom stereocenters. The van der Waals surface area contributed by atoms with Crippen LogP contribution in [0, 0.1) is 19.8 Å². The number of nitrogens with two attached hydrogens (primary N) is 1. The van der Waals surface area contributed by atoms with E-state index < -0.39 is 0 Å². The van der Waals surface area contributed by atoms with Crippen LogP contribution in [0.4, 0.5) is 5.82 Å². The fourth-order valence-corrected chi connectivity index (χ4v) is 3.85. The molecular formula is C14H20N4S. The number of anilines is 1. The van der Waals surface area contributed by atoms with Gasteiger partial charge >= 0.3 is 0 Å². The second-order valence-corrected chi connectivity index (χ2v) is 6.71. The van der Waals surface area contributed by atoms with Gasteiger partial charge < -0.3 is 11.1 Å². The number of thiophene rings is 1. The van der Waals surface area contributed by atoms with Crippen molar-refractivity contribution in [3.8, 4) is 0 Å². The van der Waals surface area contributed by atoms with Crippen molar-refractivity contribution in [1.82, 2.24) is 9.97 Å². The van der Waals surface area contributed by atoms with Crippen LogP contribution in [0.25, 0.3) is 10.2 Å². The Balaban J connectivity index is 1.81.